The van der Waals surface area contributed by atoms with Gasteiger partial charge in [0.25, 0.3) is 0 Å². The molecule has 0 radical (unpaired) electrons. The third-order valence-corrected chi connectivity index (χ3v) is 4.19. The third-order valence-electron chi connectivity index (χ3n) is 3.70. The molecule has 1 saturated carbocycles. The second-order valence-corrected chi connectivity index (χ2v) is 6.48. The summed E-state index contributed by atoms with van der Waals surface area (Å²) in [7, 11) is 0. The van der Waals surface area contributed by atoms with E-state index in [1.54, 1.807) is 0 Å². The molecule has 3 rings (SSSR count). The van der Waals surface area contributed by atoms with Gasteiger partial charge in [-0.15, -0.1) is 0 Å². The molecule has 0 saturated heterocycles. The molecule has 0 aliphatic heterocycles. The van der Waals surface area contributed by atoms with Gasteiger partial charge in [-0.25, -0.2) is 0 Å². The molecule has 4 heteroatoms. The van der Waals surface area contributed by atoms with Crippen molar-refractivity contribution in [2.75, 3.05) is 5.73 Å². The Bertz CT molecular complexity index is 604. The summed E-state index contributed by atoms with van der Waals surface area (Å²) in [6.45, 7) is 4.49. The van der Waals surface area contributed by atoms with Crippen LogP contribution in [0.5, 0.6) is 0 Å². The molecule has 94 valence electrons. The van der Waals surface area contributed by atoms with Crippen LogP contribution >= 0.6 is 15.9 Å². The minimum Gasteiger partial charge on any atom is -0.367 e. The Morgan fingerprint density at radius 3 is 2.78 bits per heavy atom. The second kappa shape index (κ2) is 3.85. The third kappa shape index (κ3) is 1.85. The zero-order chi connectivity index (χ0) is 12.9. The minimum absolute atomic E-state index is 0.310. The molecular formula is C14H15BrN2O. The van der Waals surface area contributed by atoms with Crippen molar-refractivity contribution in [3.63, 3.8) is 0 Å². The predicted molar refractivity (Wildman–Crippen MR) is 75.2 cm³/mol. The van der Waals surface area contributed by atoms with E-state index in [4.69, 9.17) is 10.3 Å². The molecule has 0 bridgehead atoms. The van der Waals surface area contributed by atoms with Gasteiger partial charge in [-0.3, -0.25) is 0 Å². The first kappa shape index (κ1) is 11.8. The molecule has 1 aromatic carbocycles. The highest BCUT2D eigenvalue weighted by Crippen LogP contribution is 2.60. The SMILES string of the molecule is CC1(C)CC1c1noc(N)c1-c1cccc(Br)c1. The first-order valence-corrected chi connectivity index (χ1v) is 6.79. The van der Waals surface area contributed by atoms with E-state index in [0.29, 0.717) is 17.2 Å². The van der Waals surface area contributed by atoms with Crippen molar-refractivity contribution < 1.29 is 4.52 Å². The molecule has 1 unspecified atom stereocenters. The van der Waals surface area contributed by atoms with Gasteiger partial charge >= 0.3 is 0 Å². The van der Waals surface area contributed by atoms with E-state index in [1.165, 1.54) is 0 Å². The molecule has 2 aromatic rings. The highest BCUT2D eigenvalue weighted by atomic mass is 79.9. The van der Waals surface area contributed by atoms with Gasteiger partial charge in [-0.2, -0.15) is 0 Å². The number of halogens is 1. The zero-order valence-electron chi connectivity index (χ0n) is 10.4. The fourth-order valence-electron chi connectivity index (χ4n) is 2.42. The Kier molecular flexibility index (Phi) is 2.52. The van der Waals surface area contributed by atoms with Crippen molar-refractivity contribution in [3.05, 3.63) is 34.4 Å². The number of hydrogen-bond acceptors (Lipinski definition) is 3. The lowest BCUT2D eigenvalue weighted by atomic mass is 10.00. The van der Waals surface area contributed by atoms with Crippen LogP contribution in [0.4, 0.5) is 5.88 Å². The van der Waals surface area contributed by atoms with Crippen LogP contribution in [0.3, 0.4) is 0 Å². The number of nitrogens with two attached hydrogens (primary N) is 1. The summed E-state index contributed by atoms with van der Waals surface area (Å²) in [4.78, 5) is 0. The van der Waals surface area contributed by atoms with Crippen LogP contribution in [0, 0.1) is 5.41 Å². The van der Waals surface area contributed by atoms with Crippen LogP contribution in [0.25, 0.3) is 11.1 Å². The van der Waals surface area contributed by atoms with E-state index in [0.717, 1.165) is 27.7 Å². The fraction of sp³-hybridized carbons (Fsp3) is 0.357. The molecule has 0 amide bonds. The molecule has 3 nitrogen and oxygen atoms in total. The van der Waals surface area contributed by atoms with Crippen LogP contribution in [-0.2, 0) is 0 Å². The van der Waals surface area contributed by atoms with Crippen molar-refractivity contribution in [1.82, 2.24) is 5.16 Å². The number of nitrogen functional groups attached to an aromatic ring is 1. The number of rotatable bonds is 2. The quantitative estimate of drug-likeness (QED) is 0.904. The summed E-state index contributed by atoms with van der Waals surface area (Å²) in [6, 6.07) is 8.07. The highest BCUT2D eigenvalue weighted by molar-refractivity contribution is 9.10. The molecule has 0 spiro atoms. The predicted octanol–water partition coefficient (Wildman–Crippen LogP) is 4.20. The van der Waals surface area contributed by atoms with Crippen LogP contribution in [0.15, 0.2) is 33.3 Å². The van der Waals surface area contributed by atoms with Gasteiger partial charge in [-0.1, -0.05) is 47.1 Å². The topological polar surface area (TPSA) is 52.0 Å². The van der Waals surface area contributed by atoms with Gasteiger partial charge in [0.1, 0.15) is 0 Å². The largest absolute Gasteiger partial charge is 0.367 e. The lowest BCUT2D eigenvalue weighted by Gasteiger charge is -2.04. The Morgan fingerprint density at radius 1 is 1.44 bits per heavy atom. The van der Waals surface area contributed by atoms with Gasteiger partial charge < -0.3 is 10.3 Å². The average molecular weight is 307 g/mol. The monoisotopic (exact) mass is 306 g/mol. The molecule has 1 fully saturated rings. The molecule has 1 aliphatic carbocycles. The zero-order valence-corrected chi connectivity index (χ0v) is 12.0. The van der Waals surface area contributed by atoms with Crippen LogP contribution in [-0.4, -0.2) is 5.16 Å². The number of nitrogens with zero attached hydrogens (tertiary/aromatic N) is 1. The first-order chi connectivity index (χ1) is 8.49. The maximum atomic E-state index is 5.93. The summed E-state index contributed by atoms with van der Waals surface area (Å²) >= 11 is 3.48. The van der Waals surface area contributed by atoms with Gasteiger partial charge in [0, 0.05) is 10.4 Å². The first-order valence-electron chi connectivity index (χ1n) is 6.00. The number of aromatic nitrogens is 1. The molecule has 1 atom stereocenters. The average Bonchev–Trinajstić information content (AvgIpc) is 2.77. The number of anilines is 1. The van der Waals surface area contributed by atoms with Crippen molar-refractivity contribution in [3.8, 4) is 11.1 Å². The maximum Gasteiger partial charge on any atom is 0.230 e. The van der Waals surface area contributed by atoms with E-state index < -0.39 is 0 Å². The van der Waals surface area contributed by atoms with Gasteiger partial charge in [0.2, 0.25) is 5.88 Å². The molecule has 18 heavy (non-hydrogen) atoms. The normalized spacial score (nSPS) is 20.9. The summed E-state index contributed by atoms with van der Waals surface area (Å²) in [6.07, 6.45) is 1.14. The minimum atomic E-state index is 0.310. The standard InChI is InChI=1S/C14H15BrN2O/c1-14(2)7-10(14)12-11(13(16)18-17-12)8-4-3-5-9(15)6-8/h3-6,10H,7,16H2,1-2H3. The van der Waals surface area contributed by atoms with Crippen LogP contribution in [0.1, 0.15) is 31.9 Å². The van der Waals surface area contributed by atoms with E-state index in [1.807, 2.05) is 24.3 Å². The number of benzene rings is 1. The lowest BCUT2D eigenvalue weighted by molar-refractivity contribution is 0.424. The van der Waals surface area contributed by atoms with E-state index in [-0.39, 0.29) is 0 Å². The molecule has 1 aliphatic rings. The summed E-state index contributed by atoms with van der Waals surface area (Å²) < 4.78 is 6.23. The molecule has 2 N–H and O–H groups in total. The maximum absolute atomic E-state index is 5.93. The van der Waals surface area contributed by atoms with Crippen molar-refractivity contribution >= 4 is 21.8 Å². The van der Waals surface area contributed by atoms with Gasteiger partial charge in [0.05, 0.1) is 11.3 Å². The Morgan fingerprint density at radius 2 is 2.17 bits per heavy atom. The second-order valence-electron chi connectivity index (χ2n) is 5.56. The van der Waals surface area contributed by atoms with E-state index in [2.05, 4.69) is 34.9 Å². The summed E-state index contributed by atoms with van der Waals surface area (Å²) in [5.74, 6) is 0.860. The smallest absolute Gasteiger partial charge is 0.230 e. The molecule has 1 heterocycles. The van der Waals surface area contributed by atoms with Gasteiger partial charge in [0.15, 0.2) is 0 Å². The lowest BCUT2D eigenvalue weighted by Crippen LogP contribution is -1.94. The highest BCUT2D eigenvalue weighted by Gasteiger charge is 2.49. The van der Waals surface area contributed by atoms with Crippen molar-refractivity contribution in [2.45, 2.75) is 26.2 Å². The van der Waals surface area contributed by atoms with E-state index in [9.17, 15) is 0 Å². The summed E-state index contributed by atoms with van der Waals surface area (Å²) in [5.41, 5.74) is 9.25. The Hall–Kier alpha value is -1.29. The summed E-state index contributed by atoms with van der Waals surface area (Å²) in [5, 5.41) is 4.16. The van der Waals surface area contributed by atoms with Crippen LogP contribution < -0.4 is 5.73 Å². The van der Waals surface area contributed by atoms with E-state index >= 15 is 0 Å². The molecular weight excluding hydrogens is 292 g/mol. The van der Waals surface area contributed by atoms with Gasteiger partial charge in [-0.05, 0) is 29.5 Å². The number of hydrogen-bond donors (Lipinski definition) is 1. The van der Waals surface area contributed by atoms with Crippen molar-refractivity contribution in [1.29, 1.82) is 0 Å². The Balaban J connectivity index is 2.09. The van der Waals surface area contributed by atoms with Crippen LogP contribution in [0.2, 0.25) is 0 Å². The Labute approximate surface area is 114 Å². The fourth-order valence-corrected chi connectivity index (χ4v) is 2.82. The van der Waals surface area contributed by atoms with Crippen molar-refractivity contribution in [2.24, 2.45) is 5.41 Å². The molecule has 1 aromatic heterocycles.